The number of piperidine rings is 1. The Morgan fingerprint density at radius 3 is 2.42 bits per heavy atom. The van der Waals surface area contributed by atoms with Crippen molar-refractivity contribution in [3.05, 3.63) is 120 Å². The zero-order valence-electron chi connectivity index (χ0n) is 24.1. The first kappa shape index (κ1) is 29.6. The predicted octanol–water partition coefficient (Wildman–Crippen LogP) is 5.65. The second-order valence-electron chi connectivity index (χ2n) is 10.8. The van der Waals surface area contributed by atoms with E-state index in [1.165, 1.54) is 6.26 Å². The molecule has 0 radical (unpaired) electrons. The van der Waals surface area contributed by atoms with E-state index in [1.54, 1.807) is 35.2 Å². The largest absolute Gasteiger partial charge is 0.460 e. The molecule has 3 N–H and O–H groups in total. The van der Waals surface area contributed by atoms with E-state index >= 15 is 0 Å². The van der Waals surface area contributed by atoms with Crippen molar-refractivity contribution < 1.29 is 23.5 Å². The molecule has 3 atom stereocenters. The molecule has 9 nitrogen and oxygen atoms in total. The number of amides is 3. The third-order valence-electron chi connectivity index (χ3n) is 7.77. The lowest BCUT2D eigenvalue weighted by Crippen LogP contribution is -2.53. The lowest BCUT2D eigenvalue weighted by molar-refractivity contribution is -0.147. The van der Waals surface area contributed by atoms with Gasteiger partial charge in [-0.05, 0) is 53.8 Å². The van der Waals surface area contributed by atoms with Gasteiger partial charge < -0.3 is 30.0 Å². The normalized spacial score (nSPS) is 17.5. The number of nitrogens with zero attached hydrogens (tertiary/aromatic N) is 2. The number of primary amides is 1. The summed E-state index contributed by atoms with van der Waals surface area (Å²) in [6.07, 6.45) is 2.14. The molecule has 43 heavy (non-hydrogen) atoms. The summed E-state index contributed by atoms with van der Waals surface area (Å²) in [5, 5.41) is 2.59. The van der Waals surface area contributed by atoms with Gasteiger partial charge in [0.25, 0.3) is 5.91 Å². The molecule has 222 valence electrons. The van der Waals surface area contributed by atoms with E-state index in [-0.39, 0.29) is 36.2 Å². The second kappa shape index (κ2) is 13.8. The molecular weight excluding hydrogens is 544 g/mol. The number of furan rings is 1. The fourth-order valence-electron chi connectivity index (χ4n) is 5.71. The van der Waals surface area contributed by atoms with Crippen molar-refractivity contribution in [3.63, 3.8) is 0 Å². The molecular formula is C34H36N4O5. The Kier molecular flexibility index (Phi) is 9.53. The Hall–Kier alpha value is -4.89. The van der Waals surface area contributed by atoms with Crippen LogP contribution >= 0.6 is 0 Å². The third-order valence-corrected chi connectivity index (χ3v) is 7.77. The maximum atomic E-state index is 13.8. The summed E-state index contributed by atoms with van der Waals surface area (Å²) in [7, 11) is 0. The minimum absolute atomic E-state index is 0.0529. The van der Waals surface area contributed by atoms with Crippen molar-refractivity contribution in [2.45, 2.75) is 31.9 Å². The van der Waals surface area contributed by atoms with Crippen LogP contribution in [0.15, 0.2) is 108 Å². The van der Waals surface area contributed by atoms with Crippen molar-refractivity contribution in [1.82, 2.24) is 4.90 Å². The number of carbonyl (C=O) groups excluding carboxylic acids is 3. The number of carbonyl (C=O) groups is 3. The molecule has 0 saturated carbocycles. The van der Waals surface area contributed by atoms with E-state index in [0.717, 1.165) is 11.1 Å². The highest BCUT2D eigenvalue weighted by atomic mass is 16.5. The number of ether oxygens (including phenoxy) is 1. The van der Waals surface area contributed by atoms with E-state index in [9.17, 15) is 14.4 Å². The molecule has 0 bridgehead atoms. The van der Waals surface area contributed by atoms with E-state index in [1.807, 2.05) is 66.7 Å². The number of esters is 1. The Morgan fingerprint density at radius 2 is 1.74 bits per heavy atom. The maximum absolute atomic E-state index is 13.8. The van der Waals surface area contributed by atoms with Crippen LogP contribution in [-0.2, 0) is 16.1 Å². The van der Waals surface area contributed by atoms with Crippen LogP contribution in [0.2, 0.25) is 0 Å². The molecule has 9 heteroatoms. The number of nitrogens with one attached hydrogen (secondary N) is 1. The molecule has 3 amide bonds. The van der Waals surface area contributed by atoms with Crippen LogP contribution in [0.5, 0.6) is 0 Å². The van der Waals surface area contributed by atoms with Gasteiger partial charge in [-0.25, -0.2) is 4.79 Å². The Bertz CT molecular complexity index is 1510. The SMILES string of the molecule is C[C@@H]1CN(CC(C(=O)OCc2ccccc2)c2ccccc2)CC[C@@H]1N(C(=O)c1ccco1)c1cccc(NC(N)=O)c1. The van der Waals surface area contributed by atoms with E-state index in [0.29, 0.717) is 37.4 Å². The quantitative estimate of drug-likeness (QED) is 0.234. The number of nitrogens with two attached hydrogens (primary N) is 1. The average molecular weight is 581 g/mol. The second-order valence-corrected chi connectivity index (χ2v) is 10.8. The van der Waals surface area contributed by atoms with Crippen LogP contribution in [0.1, 0.15) is 40.9 Å². The molecule has 0 spiro atoms. The minimum Gasteiger partial charge on any atom is -0.460 e. The van der Waals surface area contributed by atoms with Gasteiger partial charge in [-0.1, -0.05) is 73.7 Å². The highest BCUT2D eigenvalue weighted by molar-refractivity contribution is 6.05. The van der Waals surface area contributed by atoms with Gasteiger partial charge in [0.1, 0.15) is 6.61 Å². The van der Waals surface area contributed by atoms with Gasteiger partial charge in [0.05, 0.1) is 12.2 Å². The highest BCUT2D eigenvalue weighted by Gasteiger charge is 2.37. The van der Waals surface area contributed by atoms with Crippen LogP contribution in [-0.4, -0.2) is 48.5 Å². The van der Waals surface area contributed by atoms with E-state index < -0.39 is 11.9 Å². The first-order valence-corrected chi connectivity index (χ1v) is 14.4. The molecule has 1 aliphatic rings. The standard InChI is InChI=1S/C34H36N4O5/c1-24-21-37(22-29(26-12-6-3-7-13-26)33(40)43-23-25-10-4-2-5-11-25)18-17-30(24)38(32(39)31-16-9-19-42-31)28-15-8-14-27(20-28)36-34(35)41/h2-16,19-20,24,29-30H,17-18,21-23H2,1H3,(H3,35,36,41)/t24-,29?,30+/m1/s1. The van der Waals surface area contributed by atoms with Crippen LogP contribution in [0.4, 0.5) is 16.2 Å². The summed E-state index contributed by atoms with van der Waals surface area (Å²) < 4.78 is 11.3. The van der Waals surface area contributed by atoms with Crippen LogP contribution in [0.25, 0.3) is 0 Å². The molecule has 1 fully saturated rings. The summed E-state index contributed by atoms with van der Waals surface area (Å²) in [6.45, 7) is 4.16. The molecule has 1 aliphatic heterocycles. The molecule has 1 saturated heterocycles. The lowest BCUT2D eigenvalue weighted by atomic mass is 9.90. The number of hydrogen-bond donors (Lipinski definition) is 2. The molecule has 0 aliphatic carbocycles. The number of likely N-dealkylation sites (tertiary alicyclic amines) is 1. The van der Waals surface area contributed by atoms with Gasteiger partial charge in [-0.15, -0.1) is 0 Å². The first-order chi connectivity index (χ1) is 20.9. The maximum Gasteiger partial charge on any atom is 0.316 e. The molecule has 1 unspecified atom stereocenters. The third kappa shape index (κ3) is 7.50. The van der Waals surface area contributed by atoms with Gasteiger partial charge in [0, 0.05) is 37.1 Å². The first-order valence-electron chi connectivity index (χ1n) is 14.4. The average Bonchev–Trinajstić information content (AvgIpc) is 3.56. The van der Waals surface area contributed by atoms with Gasteiger partial charge in [-0.2, -0.15) is 0 Å². The van der Waals surface area contributed by atoms with Crippen LogP contribution in [0.3, 0.4) is 0 Å². The summed E-state index contributed by atoms with van der Waals surface area (Å²) >= 11 is 0. The fraction of sp³-hybridized carbons (Fsp3) is 0.265. The monoisotopic (exact) mass is 580 g/mol. The van der Waals surface area contributed by atoms with Gasteiger partial charge in [0.2, 0.25) is 0 Å². The minimum atomic E-state index is -0.682. The summed E-state index contributed by atoms with van der Waals surface area (Å²) in [4.78, 5) is 42.7. The van der Waals surface area contributed by atoms with Gasteiger partial charge in [0.15, 0.2) is 5.76 Å². The van der Waals surface area contributed by atoms with Crippen LogP contribution in [0, 0.1) is 5.92 Å². The molecule has 4 aromatic rings. The smallest absolute Gasteiger partial charge is 0.316 e. The number of benzene rings is 3. The molecule has 2 heterocycles. The summed E-state index contributed by atoms with van der Waals surface area (Å²) in [5.41, 5.74) is 8.30. The lowest BCUT2D eigenvalue weighted by Gasteiger charge is -2.43. The summed E-state index contributed by atoms with van der Waals surface area (Å²) in [5.74, 6) is -0.701. The zero-order chi connectivity index (χ0) is 30.2. The Labute approximate surface area is 251 Å². The Morgan fingerprint density at radius 1 is 1.00 bits per heavy atom. The molecule has 3 aromatic carbocycles. The number of anilines is 2. The van der Waals surface area contributed by atoms with Crippen molar-refractivity contribution in [3.8, 4) is 0 Å². The predicted molar refractivity (Wildman–Crippen MR) is 165 cm³/mol. The van der Waals surface area contributed by atoms with E-state index in [4.69, 9.17) is 14.9 Å². The Balaban J connectivity index is 1.33. The van der Waals surface area contributed by atoms with Crippen molar-refractivity contribution >= 4 is 29.3 Å². The molecule has 1 aromatic heterocycles. The molecule has 5 rings (SSSR count). The topological polar surface area (TPSA) is 118 Å². The zero-order valence-corrected chi connectivity index (χ0v) is 24.1. The van der Waals surface area contributed by atoms with Crippen LogP contribution < -0.4 is 16.0 Å². The number of hydrogen-bond acceptors (Lipinski definition) is 6. The van der Waals surface area contributed by atoms with Crippen molar-refractivity contribution in [2.24, 2.45) is 11.7 Å². The van der Waals surface area contributed by atoms with Gasteiger partial charge in [-0.3, -0.25) is 9.59 Å². The van der Waals surface area contributed by atoms with Gasteiger partial charge >= 0.3 is 12.0 Å². The highest BCUT2D eigenvalue weighted by Crippen LogP contribution is 2.32. The summed E-state index contributed by atoms with van der Waals surface area (Å²) in [6, 6.07) is 28.9. The number of urea groups is 1. The fourth-order valence-corrected chi connectivity index (χ4v) is 5.71. The van der Waals surface area contributed by atoms with Crippen molar-refractivity contribution in [2.75, 3.05) is 29.9 Å². The van der Waals surface area contributed by atoms with Crippen molar-refractivity contribution in [1.29, 1.82) is 0 Å². The number of rotatable bonds is 10. The van der Waals surface area contributed by atoms with E-state index in [2.05, 4.69) is 17.1 Å².